The van der Waals surface area contributed by atoms with Crippen molar-refractivity contribution in [1.82, 2.24) is 15.5 Å². The van der Waals surface area contributed by atoms with Crippen LogP contribution in [0.1, 0.15) is 44.9 Å². The van der Waals surface area contributed by atoms with Gasteiger partial charge in [-0.2, -0.15) is 0 Å². The predicted octanol–water partition coefficient (Wildman–Crippen LogP) is -3.04. The van der Waals surface area contributed by atoms with E-state index in [-0.39, 0.29) is 32.2 Å². The van der Waals surface area contributed by atoms with Crippen LogP contribution in [-0.4, -0.2) is 92.5 Å². The fourth-order valence-corrected chi connectivity index (χ4v) is 3.41. The first-order chi connectivity index (χ1) is 15.8. The van der Waals surface area contributed by atoms with Crippen molar-refractivity contribution < 1.29 is 48.9 Å². The van der Waals surface area contributed by atoms with Crippen LogP contribution in [0.25, 0.3) is 0 Å². The molecule has 34 heavy (non-hydrogen) atoms. The number of hydrogen-bond acceptors (Lipinski definition) is 8. The maximum absolute atomic E-state index is 12.8. The molecule has 4 atom stereocenters. The van der Waals surface area contributed by atoms with Crippen LogP contribution in [0.2, 0.25) is 0 Å². The fourth-order valence-electron chi connectivity index (χ4n) is 3.41. The molecule has 0 aliphatic carbocycles. The second-order valence-electron chi connectivity index (χ2n) is 7.79. The van der Waals surface area contributed by atoms with Crippen molar-refractivity contribution in [2.24, 2.45) is 11.5 Å². The highest BCUT2D eigenvalue weighted by Gasteiger charge is 2.38. The SMILES string of the molecule is NC(=O)CCC(NC(=O)C(CCC(=O)O)NC(=O)C1CCCN1C(=O)C(N)CC(=O)O)C(=O)O. The van der Waals surface area contributed by atoms with E-state index in [1.165, 1.54) is 0 Å². The van der Waals surface area contributed by atoms with Gasteiger partial charge in [0, 0.05) is 19.4 Å². The molecule has 0 spiro atoms. The van der Waals surface area contributed by atoms with Crippen LogP contribution in [0.3, 0.4) is 0 Å². The van der Waals surface area contributed by atoms with Crippen LogP contribution >= 0.6 is 0 Å². The van der Waals surface area contributed by atoms with E-state index in [9.17, 15) is 38.7 Å². The summed E-state index contributed by atoms with van der Waals surface area (Å²) in [6.45, 7) is 0.129. The minimum Gasteiger partial charge on any atom is -0.481 e. The van der Waals surface area contributed by atoms with Gasteiger partial charge in [0.25, 0.3) is 0 Å². The van der Waals surface area contributed by atoms with Gasteiger partial charge >= 0.3 is 17.9 Å². The number of carboxylic acids is 3. The highest BCUT2D eigenvalue weighted by atomic mass is 16.4. The van der Waals surface area contributed by atoms with Gasteiger partial charge in [0.1, 0.15) is 18.1 Å². The Morgan fingerprint density at radius 2 is 1.53 bits per heavy atom. The Bertz CT molecular complexity index is 832. The van der Waals surface area contributed by atoms with E-state index in [0.717, 1.165) is 4.90 Å². The summed E-state index contributed by atoms with van der Waals surface area (Å²) in [6, 6.07) is -5.41. The van der Waals surface area contributed by atoms with Gasteiger partial charge in [0.05, 0.1) is 12.5 Å². The van der Waals surface area contributed by atoms with Gasteiger partial charge in [0.15, 0.2) is 0 Å². The average Bonchev–Trinajstić information content (AvgIpc) is 3.22. The zero-order valence-corrected chi connectivity index (χ0v) is 18.3. The van der Waals surface area contributed by atoms with Crippen molar-refractivity contribution in [3.63, 3.8) is 0 Å². The van der Waals surface area contributed by atoms with E-state index in [4.69, 9.17) is 21.7 Å². The lowest BCUT2D eigenvalue weighted by Crippen LogP contribution is -2.56. The molecule has 4 amide bonds. The maximum Gasteiger partial charge on any atom is 0.326 e. The number of carbonyl (C=O) groups is 7. The summed E-state index contributed by atoms with van der Waals surface area (Å²) in [5.74, 6) is -7.37. The Hall–Kier alpha value is -3.75. The smallest absolute Gasteiger partial charge is 0.326 e. The third-order valence-electron chi connectivity index (χ3n) is 5.12. The molecular formula is C19H29N5O10. The predicted molar refractivity (Wildman–Crippen MR) is 112 cm³/mol. The van der Waals surface area contributed by atoms with Crippen molar-refractivity contribution in [2.45, 2.75) is 69.1 Å². The van der Waals surface area contributed by atoms with Crippen LogP contribution in [0, 0.1) is 0 Å². The van der Waals surface area contributed by atoms with Gasteiger partial charge in [-0.15, -0.1) is 0 Å². The summed E-state index contributed by atoms with van der Waals surface area (Å²) in [6.07, 6.45) is -1.61. The van der Waals surface area contributed by atoms with E-state index in [1.807, 2.05) is 0 Å². The molecular weight excluding hydrogens is 458 g/mol. The van der Waals surface area contributed by atoms with Crippen LogP contribution in [-0.2, 0) is 33.6 Å². The number of amides is 4. The van der Waals surface area contributed by atoms with Crippen molar-refractivity contribution in [2.75, 3.05) is 6.54 Å². The molecule has 0 aromatic carbocycles. The normalized spacial score (nSPS) is 17.8. The lowest BCUT2D eigenvalue weighted by molar-refractivity contribution is -0.145. The molecule has 1 aliphatic rings. The molecule has 15 heteroatoms. The van der Waals surface area contributed by atoms with Gasteiger partial charge in [-0.25, -0.2) is 4.79 Å². The number of hydrogen-bond donors (Lipinski definition) is 7. The molecule has 0 bridgehead atoms. The Balaban J connectivity index is 2.95. The Kier molecular flexibility index (Phi) is 10.9. The average molecular weight is 487 g/mol. The standard InChI is InChI=1S/C19H29N5O10/c20-9(8-15(28)29)18(32)24-7-1-2-12(24)17(31)22-10(4-6-14(26)27)16(30)23-11(19(33)34)3-5-13(21)25/h9-12H,1-8,20H2,(H2,21,25)(H,22,31)(H,23,30)(H,26,27)(H,28,29)(H,33,34). The van der Waals surface area contributed by atoms with Crippen molar-refractivity contribution in [3.05, 3.63) is 0 Å². The largest absolute Gasteiger partial charge is 0.481 e. The molecule has 1 aliphatic heterocycles. The van der Waals surface area contributed by atoms with Crippen LogP contribution in [0.4, 0.5) is 0 Å². The Labute approximate surface area is 193 Å². The molecule has 1 heterocycles. The van der Waals surface area contributed by atoms with Gasteiger partial charge in [-0.3, -0.25) is 28.8 Å². The van der Waals surface area contributed by atoms with E-state index in [1.54, 1.807) is 0 Å². The minimum atomic E-state index is -1.51. The highest BCUT2D eigenvalue weighted by Crippen LogP contribution is 2.19. The van der Waals surface area contributed by atoms with Crippen LogP contribution < -0.4 is 22.1 Å². The van der Waals surface area contributed by atoms with E-state index >= 15 is 0 Å². The van der Waals surface area contributed by atoms with Gasteiger partial charge < -0.3 is 42.3 Å². The van der Waals surface area contributed by atoms with Crippen LogP contribution in [0.5, 0.6) is 0 Å². The number of nitrogens with zero attached hydrogens (tertiary/aromatic N) is 1. The Morgan fingerprint density at radius 3 is 2.06 bits per heavy atom. The maximum atomic E-state index is 12.8. The molecule has 0 saturated carbocycles. The molecule has 0 aromatic rings. The zero-order chi connectivity index (χ0) is 26.0. The van der Waals surface area contributed by atoms with Crippen molar-refractivity contribution in [1.29, 1.82) is 0 Å². The summed E-state index contributed by atoms with van der Waals surface area (Å²) < 4.78 is 0. The molecule has 0 radical (unpaired) electrons. The monoisotopic (exact) mass is 487 g/mol. The molecule has 1 saturated heterocycles. The molecule has 9 N–H and O–H groups in total. The van der Waals surface area contributed by atoms with Crippen LogP contribution in [0.15, 0.2) is 0 Å². The minimum absolute atomic E-state index is 0.129. The third kappa shape index (κ3) is 9.01. The number of carbonyl (C=O) groups excluding carboxylic acids is 4. The van der Waals surface area contributed by atoms with Gasteiger partial charge in [0.2, 0.25) is 23.6 Å². The molecule has 0 aromatic heterocycles. The molecule has 4 unspecified atom stereocenters. The fraction of sp³-hybridized carbons (Fsp3) is 0.632. The quantitative estimate of drug-likeness (QED) is 0.129. The van der Waals surface area contributed by atoms with E-state index in [2.05, 4.69) is 10.6 Å². The third-order valence-corrected chi connectivity index (χ3v) is 5.12. The van der Waals surface area contributed by atoms with Crippen molar-refractivity contribution >= 4 is 41.5 Å². The van der Waals surface area contributed by atoms with Crippen molar-refractivity contribution in [3.8, 4) is 0 Å². The summed E-state index contributed by atoms with van der Waals surface area (Å²) in [5.41, 5.74) is 10.6. The zero-order valence-electron chi connectivity index (χ0n) is 18.3. The molecule has 1 rings (SSSR count). The summed E-state index contributed by atoms with van der Waals surface area (Å²) in [5, 5.41) is 31.5. The van der Waals surface area contributed by atoms with E-state index in [0.29, 0.717) is 6.42 Å². The molecule has 15 nitrogen and oxygen atoms in total. The summed E-state index contributed by atoms with van der Waals surface area (Å²) in [7, 11) is 0. The number of nitrogens with one attached hydrogen (secondary N) is 2. The first-order valence-corrected chi connectivity index (χ1v) is 10.4. The number of nitrogens with two attached hydrogens (primary N) is 2. The summed E-state index contributed by atoms with van der Waals surface area (Å²) >= 11 is 0. The number of aliphatic carboxylic acids is 3. The molecule has 1 fully saturated rings. The number of carboxylic acid groups (broad SMARTS) is 3. The number of likely N-dealkylation sites (tertiary alicyclic amines) is 1. The lowest BCUT2D eigenvalue weighted by atomic mass is 10.1. The summed E-state index contributed by atoms with van der Waals surface area (Å²) in [4.78, 5) is 83.2. The lowest BCUT2D eigenvalue weighted by Gasteiger charge is -2.28. The second-order valence-corrected chi connectivity index (χ2v) is 7.79. The number of rotatable bonds is 14. The van der Waals surface area contributed by atoms with Gasteiger partial charge in [-0.1, -0.05) is 0 Å². The second kappa shape index (κ2) is 13.1. The van der Waals surface area contributed by atoms with Gasteiger partial charge in [-0.05, 0) is 25.7 Å². The first-order valence-electron chi connectivity index (χ1n) is 10.4. The number of primary amides is 1. The topological polar surface area (TPSA) is 260 Å². The highest BCUT2D eigenvalue weighted by molar-refractivity contribution is 5.95. The molecule has 190 valence electrons. The Morgan fingerprint density at radius 1 is 0.912 bits per heavy atom. The van der Waals surface area contributed by atoms with E-state index < -0.39 is 78.5 Å². The first kappa shape index (κ1) is 28.3.